The maximum atomic E-state index is 9.12. The smallest absolute Gasteiger partial charge is 0.180 e. The van der Waals surface area contributed by atoms with Crippen LogP contribution in [0.2, 0.25) is 0 Å². The van der Waals surface area contributed by atoms with Crippen molar-refractivity contribution in [1.29, 1.82) is 0 Å². The molecule has 0 fully saturated rings. The Labute approximate surface area is 95.4 Å². The second-order valence-electron chi connectivity index (χ2n) is 2.81. The molecule has 0 aromatic carbocycles. The van der Waals surface area contributed by atoms with Gasteiger partial charge in [-0.1, -0.05) is 17.4 Å². The van der Waals surface area contributed by atoms with Crippen LogP contribution < -0.4 is 0 Å². The molecule has 78 valence electrons. The van der Waals surface area contributed by atoms with Gasteiger partial charge in [-0.3, -0.25) is 0 Å². The first-order valence-corrected chi connectivity index (χ1v) is 5.95. The first-order valence-electron chi connectivity index (χ1n) is 4.32. The largest absolute Gasteiger partial charge is 0.392 e. The maximum absolute atomic E-state index is 9.12. The maximum Gasteiger partial charge on any atom is 0.180 e. The predicted octanol–water partition coefficient (Wildman–Crippen LogP) is 1.89. The fourth-order valence-electron chi connectivity index (χ4n) is 1.04. The van der Waals surface area contributed by atoms with Crippen LogP contribution in [0.15, 0.2) is 27.7 Å². The molecule has 0 aliphatic carbocycles. The van der Waals surface area contributed by atoms with E-state index >= 15 is 0 Å². The van der Waals surface area contributed by atoms with Crippen LogP contribution in [0.5, 0.6) is 0 Å². The van der Waals surface area contributed by atoms with Crippen LogP contribution in [0, 0.1) is 6.92 Å². The molecule has 6 heteroatoms. The molecule has 0 bridgehead atoms. The minimum Gasteiger partial charge on any atom is -0.392 e. The predicted molar refractivity (Wildman–Crippen MR) is 58.9 cm³/mol. The molecule has 2 heterocycles. The standard InChI is InChI=1S/C9H9N3OS2/c1-6-11-12-9(14-6)15-8-7(5-13)3-2-4-10-8/h2-4,13H,5H2,1H3. The molecule has 0 unspecified atom stereocenters. The van der Waals surface area contributed by atoms with E-state index in [0.717, 1.165) is 19.9 Å². The lowest BCUT2D eigenvalue weighted by Gasteiger charge is -2.01. The number of pyridine rings is 1. The van der Waals surface area contributed by atoms with Crippen LogP contribution in [-0.4, -0.2) is 20.3 Å². The van der Waals surface area contributed by atoms with Crippen LogP contribution in [0.3, 0.4) is 0 Å². The van der Waals surface area contributed by atoms with Gasteiger partial charge in [0, 0.05) is 11.8 Å². The number of hydrogen-bond acceptors (Lipinski definition) is 6. The summed E-state index contributed by atoms with van der Waals surface area (Å²) in [6.07, 6.45) is 1.70. The topological polar surface area (TPSA) is 58.9 Å². The lowest BCUT2D eigenvalue weighted by atomic mass is 10.3. The van der Waals surface area contributed by atoms with E-state index in [1.54, 1.807) is 12.3 Å². The van der Waals surface area contributed by atoms with E-state index in [2.05, 4.69) is 15.2 Å². The number of aliphatic hydroxyl groups is 1. The molecule has 2 rings (SSSR count). The molecule has 0 aliphatic rings. The molecule has 2 aromatic heterocycles. The quantitative estimate of drug-likeness (QED) is 0.886. The van der Waals surface area contributed by atoms with Gasteiger partial charge >= 0.3 is 0 Å². The van der Waals surface area contributed by atoms with E-state index in [4.69, 9.17) is 5.11 Å². The summed E-state index contributed by atoms with van der Waals surface area (Å²) in [5.41, 5.74) is 0.815. The highest BCUT2D eigenvalue weighted by molar-refractivity contribution is 8.01. The molecule has 15 heavy (non-hydrogen) atoms. The van der Waals surface area contributed by atoms with Crippen molar-refractivity contribution in [3.05, 3.63) is 28.9 Å². The van der Waals surface area contributed by atoms with Crippen molar-refractivity contribution in [2.75, 3.05) is 0 Å². The molecule has 4 nitrogen and oxygen atoms in total. The molecule has 0 atom stereocenters. The molecule has 0 radical (unpaired) electrons. The molecule has 0 saturated heterocycles. The van der Waals surface area contributed by atoms with Crippen molar-refractivity contribution in [2.45, 2.75) is 22.9 Å². The summed E-state index contributed by atoms with van der Waals surface area (Å²) in [6.45, 7) is 1.90. The van der Waals surface area contributed by atoms with Gasteiger partial charge in [0.1, 0.15) is 10.0 Å². The van der Waals surface area contributed by atoms with Gasteiger partial charge in [-0.15, -0.1) is 10.2 Å². The van der Waals surface area contributed by atoms with Gasteiger partial charge in [-0.2, -0.15) is 0 Å². The highest BCUT2D eigenvalue weighted by atomic mass is 32.2. The molecular formula is C9H9N3OS2. The van der Waals surface area contributed by atoms with E-state index in [9.17, 15) is 0 Å². The second-order valence-corrected chi connectivity index (χ2v) is 5.23. The zero-order chi connectivity index (χ0) is 10.7. The average molecular weight is 239 g/mol. The Hall–Kier alpha value is -0.980. The normalized spacial score (nSPS) is 10.5. The van der Waals surface area contributed by atoms with E-state index in [-0.39, 0.29) is 6.61 Å². The summed E-state index contributed by atoms with van der Waals surface area (Å²) < 4.78 is 0.848. The molecule has 2 aromatic rings. The number of rotatable bonds is 3. The van der Waals surface area contributed by atoms with Crippen LogP contribution in [0.4, 0.5) is 0 Å². The lowest BCUT2D eigenvalue weighted by Crippen LogP contribution is -1.89. The van der Waals surface area contributed by atoms with Crippen molar-refractivity contribution >= 4 is 23.1 Å². The number of hydrogen-bond donors (Lipinski definition) is 1. The zero-order valence-corrected chi connectivity index (χ0v) is 9.68. The van der Waals surface area contributed by atoms with Gasteiger partial charge in [0.05, 0.1) is 6.61 Å². The summed E-state index contributed by atoms with van der Waals surface area (Å²) in [4.78, 5) is 4.20. The van der Waals surface area contributed by atoms with Crippen LogP contribution in [-0.2, 0) is 6.61 Å². The first kappa shape index (κ1) is 10.5. The van der Waals surface area contributed by atoms with Gasteiger partial charge < -0.3 is 5.11 Å². The third kappa shape index (κ3) is 2.53. The Morgan fingerprint density at radius 3 is 3.00 bits per heavy atom. The fraction of sp³-hybridized carbons (Fsp3) is 0.222. The molecule has 1 N–H and O–H groups in total. The minimum atomic E-state index is -0.00599. The van der Waals surface area contributed by atoms with Crippen LogP contribution in [0.25, 0.3) is 0 Å². The Kier molecular flexibility index (Phi) is 3.30. The Morgan fingerprint density at radius 2 is 2.33 bits per heavy atom. The number of aliphatic hydroxyl groups excluding tert-OH is 1. The molecule has 0 spiro atoms. The summed E-state index contributed by atoms with van der Waals surface area (Å²) >= 11 is 2.95. The van der Waals surface area contributed by atoms with Crippen molar-refractivity contribution in [1.82, 2.24) is 15.2 Å². The van der Waals surface area contributed by atoms with Crippen molar-refractivity contribution < 1.29 is 5.11 Å². The minimum absolute atomic E-state index is 0.00599. The number of aromatic nitrogens is 3. The van der Waals surface area contributed by atoms with Gasteiger partial charge in [0.2, 0.25) is 0 Å². The molecule has 0 amide bonds. The molecule has 0 aliphatic heterocycles. The Morgan fingerprint density at radius 1 is 1.47 bits per heavy atom. The summed E-state index contributed by atoms with van der Waals surface area (Å²) in [7, 11) is 0. The van der Waals surface area contributed by atoms with Gasteiger partial charge in [-0.25, -0.2) is 4.98 Å². The SMILES string of the molecule is Cc1nnc(Sc2ncccc2CO)s1. The van der Waals surface area contributed by atoms with Crippen molar-refractivity contribution in [3.63, 3.8) is 0 Å². The van der Waals surface area contributed by atoms with E-state index in [1.165, 1.54) is 23.1 Å². The highest BCUT2D eigenvalue weighted by Crippen LogP contribution is 2.30. The van der Waals surface area contributed by atoms with E-state index < -0.39 is 0 Å². The Balaban J connectivity index is 2.23. The molecule has 0 saturated carbocycles. The Bertz CT molecular complexity index is 458. The van der Waals surface area contributed by atoms with Gasteiger partial charge in [-0.05, 0) is 24.8 Å². The van der Waals surface area contributed by atoms with Crippen molar-refractivity contribution in [3.8, 4) is 0 Å². The summed E-state index contributed by atoms with van der Waals surface area (Å²) in [5.74, 6) is 0. The fourth-order valence-corrected chi connectivity index (χ4v) is 2.84. The van der Waals surface area contributed by atoms with Crippen LogP contribution in [0.1, 0.15) is 10.6 Å². The van der Waals surface area contributed by atoms with Crippen LogP contribution >= 0.6 is 23.1 Å². The van der Waals surface area contributed by atoms with E-state index in [0.29, 0.717) is 0 Å². The van der Waals surface area contributed by atoms with Crippen molar-refractivity contribution in [2.24, 2.45) is 0 Å². The zero-order valence-electron chi connectivity index (χ0n) is 8.04. The number of aryl methyl sites for hydroxylation is 1. The second kappa shape index (κ2) is 4.69. The first-order chi connectivity index (χ1) is 7.29. The third-order valence-corrected chi connectivity index (χ3v) is 3.66. The monoisotopic (exact) mass is 239 g/mol. The number of nitrogens with zero attached hydrogens (tertiary/aromatic N) is 3. The van der Waals surface area contributed by atoms with E-state index in [1.807, 2.05) is 13.0 Å². The third-order valence-electron chi connectivity index (χ3n) is 1.71. The molecular weight excluding hydrogens is 230 g/mol. The van der Waals surface area contributed by atoms with Gasteiger partial charge in [0.25, 0.3) is 0 Å². The van der Waals surface area contributed by atoms with Gasteiger partial charge in [0.15, 0.2) is 4.34 Å². The lowest BCUT2D eigenvalue weighted by molar-refractivity contribution is 0.278. The summed E-state index contributed by atoms with van der Waals surface area (Å²) in [5, 5.41) is 18.8. The summed E-state index contributed by atoms with van der Waals surface area (Å²) in [6, 6.07) is 3.66. The highest BCUT2D eigenvalue weighted by Gasteiger charge is 2.07. The average Bonchev–Trinajstić information content (AvgIpc) is 2.65.